The summed E-state index contributed by atoms with van der Waals surface area (Å²) in [5.74, 6) is 0.550. The van der Waals surface area contributed by atoms with Crippen LogP contribution in [0, 0.1) is 0 Å². The Kier molecular flexibility index (Phi) is 4.33. The highest BCUT2D eigenvalue weighted by atomic mass is 32.1. The predicted octanol–water partition coefficient (Wildman–Crippen LogP) is 5.57. The van der Waals surface area contributed by atoms with Gasteiger partial charge in [0.15, 0.2) is 0 Å². The molecule has 0 amide bonds. The summed E-state index contributed by atoms with van der Waals surface area (Å²) in [6, 6.07) is 6.54. The standard InChI is InChI=1S/C17H19NS/c1-5-7-13(8-6-2)17-18-15-10-9-14(12(3)4)11-16(15)19-17/h5-12H,1H2,2-4H3/b8-6-,13-7+. The molecule has 0 N–H and O–H groups in total. The first-order valence-electron chi connectivity index (χ1n) is 6.52. The summed E-state index contributed by atoms with van der Waals surface area (Å²) in [4.78, 5) is 4.70. The number of benzene rings is 1. The average Bonchev–Trinajstić information content (AvgIpc) is 2.80. The van der Waals surface area contributed by atoms with Gasteiger partial charge in [-0.3, -0.25) is 0 Å². The molecule has 2 aromatic rings. The number of hydrogen-bond acceptors (Lipinski definition) is 2. The zero-order chi connectivity index (χ0) is 13.8. The van der Waals surface area contributed by atoms with E-state index in [1.807, 2.05) is 19.1 Å². The molecule has 1 heterocycles. The monoisotopic (exact) mass is 269 g/mol. The summed E-state index contributed by atoms with van der Waals surface area (Å²) in [6.07, 6.45) is 7.91. The van der Waals surface area contributed by atoms with Crippen LogP contribution in [0.2, 0.25) is 0 Å². The van der Waals surface area contributed by atoms with Crippen LogP contribution in [-0.4, -0.2) is 4.98 Å². The minimum atomic E-state index is 0.550. The molecule has 0 bridgehead atoms. The van der Waals surface area contributed by atoms with E-state index in [0.29, 0.717) is 5.92 Å². The van der Waals surface area contributed by atoms with Crippen molar-refractivity contribution in [1.82, 2.24) is 4.98 Å². The second-order valence-corrected chi connectivity index (χ2v) is 5.79. The Hall–Kier alpha value is -1.67. The van der Waals surface area contributed by atoms with Crippen LogP contribution in [0.15, 0.2) is 49.1 Å². The number of nitrogens with zero attached hydrogens (tertiary/aromatic N) is 1. The molecule has 0 radical (unpaired) electrons. The van der Waals surface area contributed by atoms with Gasteiger partial charge in [-0.15, -0.1) is 11.3 Å². The van der Waals surface area contributed by atoms with Crippen molar-refractivity contribution in [2.45, 2.75) is 26.7 Å². The summed E-state index contributed by atoms with van der Waals surface area (Å²) in [5, 5.41) is 1.05. The van der Waals surface area contributed by atoms with Gasteiger partial charge in [0.25, 0.3) is 0 Å². The topological polar surface area (TPSA) is 12.9 Å². The Morgan fingerprint density at radius 2 is 2.16 bits per heavy atom. The lowest BCUT2D eigenvalue weighted by Gasteiger charge is -2.03. The Morgan fingerprint density at radius 1 is 1.37 bits per heavy atom. The molecule has 0 spiro atoms. The van der Waals surface area contributed by atoms with Crippen LogP contribution in [0.3, 0.4) is 0 Å². The Bertz CT molecular complexity index is 644. The lowest BCUT2D eigenvalue weighted by atomic mass is 10.0. The molecule has 0 aliphatic heterocycles. The number of thiazole rings is 1. The molecule has 0 aliphatic carbocycles. The highest BCUT2D eigenvalue weighted by molar-refractivity contribution is 7.19. The van der Waals surface area contributed by atoms with Crippen LogP contribution < -0.4 is 0 Å². The van der Waals surface area contributed by atoms with E-state index in [1.54, 1.807) is 17.4 Å². The Morgan fingerprint density at radius 3 is 2.79 bits per heavy atom. The van der Waals surface area contributed by atoms with Gasteiger partial charge in [0.05, 0.1) is 10.2 Å². The molecule has 1 aromatic carbocycles. The average molecular weight is 269 g/mol. The summed E-state index contributed by atoms with van der Waals surface area (Å²) in [7, 11) is 0. The van der Waals surface area contributed by atoms with Gasteiger partial charge in [0.1, 0.15) is 5.01 Å². The first kappa shape index (κ1) is 13.8. The quantitative estimate of drug-likeness (QED) is 0.662. The maximum atomic E-state index is 4.70. The SMILES string of the molecule is C=C/C=C(\C=C/C)c1nc2ccc(C(C)C)cc2s1. The maximum Gasteiger partial charge on any atom is 0.124 e. The number of allylic oxidation sites excluding steroid dienone is 5. The fourth-order valence-corrected chi connectivity index (χ4v) is 2.95. The normalized spacial score (nSPS) is 12.7. The van der Waals surface area contributed by atoms with Crippen molar-refractivity contribution in [3.8, 4) is 0 Å². The van der Waals surface area contributed by atoms with E-state index < -0.39 is 0 Å². The molecule has 0 aliphatic rings. The van der Waals surface area contributed by atoms with Crippen LogP contribution in [0.5, 0.6) is 0 Å². The van der Waals surface area contributed by atoms with E-state index in [0.717, 1.165) is 16.1 Å². The molecule has 2 heteroatoms. The zero-order valence-electron chi connectivity index (χ0n) is 11.7. The first-order chi connectivity index (χ1) is 9.15. The maximum absolute atomic E-state index is 4.70. The molecular weight excluding hydrogens is 250 g/mol. The third-order valence-electron chi connectivity index (χ3n) is 2.97. The van der Waals surface area contributed by atoms with E-state index in [2.05, 4.69) is 44.7 Å². The van der Waals surface area contributed by atoms with Gasteiger partial charge in [-0.2, -0.15) is 0 Å². The van der Waals surface area contributed by atoms with E-state index in [4.69, 9.17) is 4.98 Å². The van der Waals surface area contributed by atoms with Gasteiger partial charge in [0, 0.05) is 5.57 Å². The second-order valence-electron chi connectivity index (χ2n) is 4.76. The van der Waals surface area contributed by atoms with Gasteiger partial charge < -0.3 is 0 Å². The van der Waals surface area contributed by atoms with Crippen molar-refractivity contribution in [3.63, 3.8) is 0 Å². The molecule has 98 valence electrons. The molecule has 0 saturated carbocycles. The van der Waals surface area contributed by atoms with Gasteiger partial charge in [-0.05, 0) is 30.5 Å². The number of rotatable bonds is 4. The van der Waals surface area contributed by atoms with Crippen molar-refractivity contribution in [3.05, 3.63) is 59.7 Å². The molecule has 0 unspecified atom stereocenters. The van der Waals surface area contributed by atoms with Gasteiger partial charge in [-0.1, -0.05) is 50.8 Å². The fourth-order valence-electron chi connectivity index (χ4n) is 1.93. The highest BCUT2D eigenvalue weighted by Gasteiger charge is 2.08. The van der Waals surface area contributed by atoms with Gasteiger partial charge in [0.2, 0.25) is 0 Å². The van der Waals surface area contributed by atoms with Crippen LogP contribution in [0.25, 0.3) is 15.8 Å². The minimum Gasteiger partial charge on any atom is -0.236 e. The number of aromatic nitrogens is 1. The summed E-state index contributed by atoms with van der Waals surface area (Å²) in [5.41, 5.74) is 3.55. The molecular formula is C17H19NS. The second kappa shape index (κ2) is 5.98. The van der Waals surface area contributed by atoms with Crippen LogP contribution in [0.1, 0.15) is 37.3 Å². The van der Waals surface area contributed by atoms with E-state index in [9.17, 15) is 0 Å². The van der Waals surface area contributed by atoms with Crippen LogP contribution >= 0.6 is 11.3 Å². The van der Waals surface area contributed by atoms with Crippen molar-refractivity contribution in [2.75, 3.05) is 0 Å². The molecule has 19 heavy (non-hydrogen) atoms. The summed E-state index contributed by atoms with van der Waals surface area (Å²) >= 11 is 1.74. The fraction of sp³-hybridized carbons (Fsp3) is 0.235. The number of hydrogen-bond donors (Lipinski definition) is 0. The summed E-state index contributed by atoms with van der Waals surface area (Å²) in [6.45, 7) is 10.2. The number of fused-ring (bicyclic) bond motifs is 1. The zero-order valence-corrected chi connectivity index (χ0v) is 12.5. The van der Waals surface area contributed by atoms with E-state index >= 15 is 0 Å². The van der Waals surface area contributed by atoms with Gasteiger partial charge >= 0.3 is 0 Å². The molecule has 2 rings (SSSR count). The van der Waals surface area contributed by atoms with Crippen molar-refractivity contribution in [1.29, 1.82) is 0 Å². The van der Waals surface area contributed by atoms with Crippen LogP contribution in [0.4, 0.5) is 0 Å². The molecule has 1 aromatic heterocycles. The molecule has 0 atom stereocenters. The highest BCUT2D eigenvalue weighted by Crippen LogP contribution is 2.30. The van der Waals surface area contributed by atoms with Gasteiger partial charge in [-0.25, -0.2) is 4.98 Å². The van der Waals surface area contributed by atoms with Crippen molar-refractivity contribution in [2.24, 2.45) is 0 Å². The van der Waals surface area contributed by atoms with E-state index in [-0.39, 0.29) is 0 Å². The molecule has 0 fully saturated rings. The van der Waals surface area contributed by atoms with E-state index in [1.165, 1.54) is 10.3 Å². The Balaban J connectivity index is 2.51. The molecule has 0 saturated heterocycles. The predicted molar refractivity (Wildman–Crippen MR) is 86.7 cm³/mol. The Labute approximate surface area is 119 Å². The third-order valence-corrected chi connectivity index (χ3v) is 4.04. The molecule has 1 nitrogen and oxygen atoms in total. The lowest BCUT2D eigenvalue weighted by Crippen LogP contribution is -1.85. The summed E-state index contributed by atoms with van der Waals surface area (Å²) < 4.78 is 1.25. The third kappa shape index (κ3) is 3.02. The van der Waals surface area contributed by atoms with Crippen molar-refractivity contribution >= 4 is 27.1 Å². The largest absolute Gasteiger partial charge is 0.236 e. The smallest absolute Gasteiger partial charge is 0.124 e. The first-order valence-corrected chi connectivity index (χ1v) is 7.33. The minimum absolute atomic E-state index is 0.550. The van der Waals surface area contributed by atoms with Crippen LogP contribution in [-0.2, 0) is 0 Å². The van der Waals surface area contributed by atoms with Crippen molar-refractivity contribution < 1.29 is 0 Å². The lowest BCUT2D eigenvalue weighted by molar-refractivity contribution is 0.869.